The molecule has 0 rings (SSSR count). The molecule has 0 bridgehead atoms. The van der Waals surface area contributed by atoms with Crippen LogP contribution in [0.15, 0.2) is 0 Å². The van der Waals surface area contributed by atoms with Crippen LogP contribution in [0.4, 0.5) is 0 Å². The molecule has 2 atom stereocenters. The van der Waals surface area contributed by atoms with Crippen LogP contribution in [-0.2, 0) is 28.8 Å². The summed E-state index contributed by atoms with van der Waals surface area (Å²) in [5.74, 6) is -3.95. The van der Waals surface area contributed by atoms with Gasteiger partial charge in [-0.15, -0.1) is 0 Å². The quantitative estimate of drug-likeness (QED) is 0.167. The summed E-state index contributed by atoms with van der Waals surface area (Å²) in [5.41, 5.74) is 0. The van der Waals surface area contributed by atoms with E-state index in [4.69, 9.17) is 10.2 Å². The van der Waals surface area contributed by atoms with E-state index in [1.54, 1.807) is 0 Å². The Balaban J connectivity index is 4.70. The van der Waals surface area contributed by atoms with Gasteiger partial charge in [0.15, 0.2) is 0 Å². The van der Waals surface area contributed by atoms with Gasteiger partial charge in [0, 0.05) is 38.8 Å². The van der Waals surface area contributed by atoms with Crippen LogP contribution in [-0.4, -0.2) is 77.9 Å². The number of carbonyl (C=O) groups excluding carboxylic acids is 4. The van der Waals surface area contributed by atoms with Crippen LogP contribution >= 0.6 is 0 Å². The highest BCUT2D eigenvalue weighted by molar-refractivity contribution is 5.90. The van der Waals surface area contributed by atoms with E-state index in [2.05, 4.69) is 21.3 Å². The van der Waals surface area contributed by atoms with E-state index in [0.717, 1.165) is 0 Å². The molecule has 0 heterocycles. The Kier molecular flexibility index (Phi) is 13.4. The van der Waals surface area contributed by atoms with Crippen molar-refractivity contribution in [3.63, 3.8) is 0 Å². The lowest BCUT2D eigenvalue weighted by molar-refractivity contribution is -0.139. The van der Waals surface area contributed by atoms with Crippen molar-refractivity contribution in [1.29, 1.82) is 0 Å². The number of likely N-dealkylation sites (N-methyl/N-ethyl adjacent to an activating group) is 1. The Morgan fingerprint density at radius 2 is 1.27 bits per heavy atom. The van der Waals surface area contributed by atoms with E-state index in [1.165, 1.54) is 14.0 Å². The van der Waals surface area contributed by atoms with Gasteiger partial charge in [-0.3, -0.25) is 28.8 Å². The van der Waals surface area contributed by atoms with Gasteiger partial charge in [0.05, 0.1) is 6.04 Å². The first-order valence-corrected chi connectivity index (χ1v) is 9.51. The largest absolute Gasteiger partial charge is 0.481 e. The second-order valence-corrected chi connectivity index (χ2v) is 6.61. The first kappa shape index (κ1) is 27.0. The summed E-state index contributed by atoms with van der Waals surface area (Å²) in [6.07, 6.45) is -0.664. The lowest BCUT2D eigenvalue weighted by Crippen LogP contribution is -2.52. The molecule has 0 unspecified atom stereocenters. The monoisotopic (exact) mass is 430 g/mol. The average molecular weight is 430 g/mol. The molecule has 0 saturated carbocycles. The number of carbonyl (C=O) groups is 6. The van der Waals surface area contributed by atoms with Crippen LogP contribution in [0.2, 0.25) is 0 Å². The molecule has 0 aromatic carbocycles. The first-order chi connectivity index (χ1) is 14.1. The number of hydrogen-bond acceptors (Lipinski definition) is 7. The second-order valence-electron chi connectivity index (χ2n) is 6.61. The predicted molar refractivity (Wildman–Crippen MR) is 104 cm³/mol. The summed E-state index contributed by atoms with van der Waals surface area (Å²) in [6, 6.07) is -2.02. The fourth-order valence-electron chi connectivity index (χ4n) is 2.37. The maximum atomic E-state index is 12.3. The first-order valence-electron chi connectivity index (χ1n) is 9.51. The standard InChI is InChI=1S/C18H30N4O8/c1-11(23)7-9-20-14(24)8-10-21-17(29)13(4-6-16(27)28)22-18(30)12(19-2)3-5-15(25)26/h12-13,19H,3-10H2,1-2H3,(H,20,24)(H,21,29)(H,22,30)(H,25,26)(H,27,28)/t12-,13-/m1/s1. The lowest BCUT2D eigenvalue weighted by Gasteiger charge is -2.21. The Hall–Kier alpha value is -3.02. The second kappa shape index (κ2) is 14.9. The SMILES string of the molecule is CN[C@H](CCC(=O)O)C(=O)N[C@H](CCC(=O)O)C(=O)NCCC(=O)NCCC(C)=O. The minimum Gasteiger partial charge on any atom is -0.481 e. The third-order valence-electron chi connectivity index (χ3n) is 4.04. The molecule has 0 saturated heterocycles. The zero-order chi connectivity index (χ0) is 23.1. The van der Waals surface area contributed by atoms with E-state index < -0.39 is 35.8 Å². The van der Waals surface area contributed by atoms with Gasteiger partial charge in [-0.05, 0) is 26.8 Å². The number of rotatable bonds is 16. The van der Waals surface area contributed by atoms with Gasteiger partial charge >= 0.3 is 11.9 Å². The molecular formula is C18H30N4O8. The van der Waals surface area contributed by atoms with Gasteiger partial charge in [-0.25, -0.2) is 0 Å². The molecule has 0 spiro atoms. The number of hydrogen-bond donors (Lipinski definition) is 6. The normalized spacial score (nSPS) is 12.3. The summed E-state index contributed by atoms with van der Waals surface area (Å²) in [7, 11) is 1.46. The van der Waals surface area contributed by atoms with E-state index in [-0.39, 0.29) is 63.3 Å². The average Bonchev–Trinajstić information content (AvgIpc) is 2.64. The smallest absolute Gasteiger partial charge is 0.303 e. The molecule has 0 radical (unpaired) electrons. The number of nitrogens with one attached hydrogen (secondary N) is 4. The van der Waals surface area contributed by atoms with E-state index in [0.29, 0.717) is 0 Å². The maximum Gasteiger partial charge on any atom is 0.303 e. The number of aliphatic carboxylic acids is 2. The summed E-state index contributed by atoms with van der Waals surface area (Å²) in [6.45, 7) is 1.55. The number of carboxylic acid groups (broad SMARTS) is 2. The molecule has 0 aliphatic heterocycles. The summed E-state index contributed by atoms with van der Waals surface area (Å²) in [4.78, 5) is 68.6. The van der Waals surface area contributed by atoms with Gasteiger partial charge in [0.25, 0.3) is 0 Å². The number of amides is 3. The Morgan fingerprint density at radius 1 is 0.733 bits per heavy atom. The summed E-state index contributed by atoms with van der Waals surface area (Å²) in [5, 5.41) is 27.6. The highest BCUT2D eigenvalue weighted by Crippen LogP contribution is 2.03. The van der Waals surface area contributed by atoms with Gasteiger partial charge in [0.2, 0.25) is 17.7 Å². The van der Waals surface area contributed by atoms with E-state index >= 15 is 0 Å². The minimum absolute atomic E-state index is 0.00856. The van der Waals surface area contributed by atoms with Crippen LogP contribution in [0.3, 0.4) is 0 Å². The van der Waals surface area contributed by atoms with Crippen LogP contribution in [0.1, 0.15) is 45.4 Å². The van der Waals surface area contributed by atoms with Crippen LogP contribution in [0.25, 0.3) is 0 Å². The topological polar surface area (TPSA) is 191 Å². The van der Waals surface area contributed by atoms with E-state index in [9.17, 15) is 28.8 Å². The lowest BCUT2D eigenvalue weighted by atomic mass is 10.1. The highest BCUT2D eigenvalue weighted by atomic mass is 16.4. The Morgan fingerprint density at radius 3 is 1.77 bits per heavy atom. The summed E-state index contributed by atoms with van der Waals surface area (Å²) < 4.78 is 0. The van der Waals surface area contributed by atoms with Crippen molar-refractivity contribution >= 4 is 35.4 Å². The molecular weight excluding hydrogens is 400 g/mol. The maximum absolute atomic E-state index is 12.3. The summed E-state index contributed by atoms with van der Waals surface area (Å²) >= 11 is 0. The van der Waals surface area contributed by atoms with Gasteiger partial charge < -0.3 is 31.5 Å². The van der Waals surface area contributed by atoms with Crippen LogP contribution in [0, 0.1) is 0 Å². The van der Waals surface area contributed by atoms with E-state index in [1.807, 2.05) is 0 Å². The molecule has 12 heteroatoms. The third kappa shape index (κ3) is 13.2. The molecule has 0 aliphatic rings. The molecule has 6 N–H and O–H groups in total. The van der Waals surface area contributed by atoms with Crippen LogP contribution in [0.5, 0.6) is 0 Å². The van der Waals surface area contributed by atoms with Crippen molar-refractivity contribution in [2.24, 2.45) is 0 Å². The number of Topliss-reactive ketones (excluding diaryl/α,β-unsaturated/α-hetero) is 1. The predicted octanol–water partition coefficient (Wildman–Crippen LogP) is -1.61. The van der Waals surface area contributed by atoms with Crippen molar-refractivity contribution < 1.29 is 39.0 Å². The molecule has 3 amide bonds. The molecule has 0 aromatic heterocycles. The van der Waals surface area contributed by atoms with Gasteiger partial charge in [-0.1, -0.05) is 0 Å². The minimum atomic E-state index is -1.16. The Labute approximate surface area is 174 Å². The highest BCUT2D eigenvalue weighted by Gasteiger charge is 2.25. The number of carboxylic acids is 2. The Bertz CT molecular complexity index is 638. The zero-order valence-corrected chi connectivity index (χ0v) is 17.2. The molecule has 12 nitrogen and oxygen atoms in total. The fraction of sp³-hybridized carbons (Fsp3) is 0.667. The van der Waals surface area contributed by atoms with Crippen molar-refractivity contribution in [2.75, 3.05) is 20.1 Å². The van der Waals surface area contributed by atoms with Gasteiger partial charge in [-0.2, -0.15) is 0 Å². The van der Waals surface area contributed by atoms with Crippen molar-refractivity contribution in [1.82, 2.24) is 21.3 Å². The third-order valence-corrected chi connectivity index (χ3v) is 4.04. The zero-order valence-electron chi connectivity index (χ0n) is 17.2. The molecule has 0 aliphatic carbocycles. The van der Waals surface area contributed by atoms with Gasteiger partial charge in [0.1, 0.15) is 11.8 Å². The molecule has 30 heavy (non-hydrogen) atoms. The number of ketones is 1. The molecule has 170 valence electrons. The van der Waals surface area contributed by atoms with Crippen molar-refractivity contribution in [3.05, 3.63) is 0 Å². The van der Waals surface area contributed by atoms with Crippen molar-refractivity contribution in [3.8, 4) is 0 Å². The van der Waals surface area contributed by atoms with Crippen LogP contribution < -0.4 is 21.3 Å². The fourth-order valence-corrected chi connectivity index (χ4v) is 2.37. The molecule has 0 fully saturated rings. The molecule has 0 aromatic rings. The van der Waals surface area contributed by atoms with Crippen molar-refractivity contribution in [2.45, 2.75) is 57.5 Å².